The Hall–Kier alpha value is -1.94. The number of thiophene rings is 1. The molecule has 2 unspecified atom stereocenters. The molecule has 2 N–H and O–H groups in total. The fourth-order valence-corrected chi connectivity index (χ4v) is 4.32. The first kappa shape index (κ1) is 19.8. The van der Waals surface area contributed by atoms with E-state index in [1.54, 1.807) is 32.2 Å². The van der Waals surface area contributed by atoms with Crippen LogP contribution in [0.2, 0.25) is 4.34 Å². The smallest absolute Gasteiger partial charge is 0.267 e. The van der Waals surface area contributed by atoms with Gasteiger partial charge in [-0.05, 0) is 36.8 Å². The van der Waals surface area contributed by atoms with Crippen molar-refractivity contribution in [3.05, 3.63) is 51.2 Å². The zero-order valence-electron chi connectivity index (χ0n) is 14.6. The van der Waals surface area contributed by atoms with Gasteiger partial charge in [-0.3, -0.25) is 4.79 Å². The topological polar surface area (TPSA) is 102 Å². The highest BCUT2D eigenvalue weighted by atomic mass is 35.5. The molecule has 0 spiro atoms. The normalized spacial score (nSPS) is 17.9. The summed E-state index contributed by atoms with van der Waals surface area (Å²) in [5.74, 6) is -0.245. The molecule has 0 saturated carbocycles. The van der Waals surface area contributed by atoms with Crippen molar-refractivity contribution in [2.24, 2.45) is 10.3 Å². The van der Waals surface area contributed by atoms with Crippen molar-refractivity contribution in [3.8, 4) is 0 Å². The van der Waals surface area contributed by atoms with Gasteiger partial charge in [-0.15, -0.1) is 11.3 Å². The Labute approximate surface area is 166 Å². The summed E-state index contributed by atoms with van der Waals surface area (Å²) < 4.78 is 23.7. The van der Waals surface area contributed by atoms with E-state index in [1.807, 2.05) is 6.07 Å². The number of oxime groups is 1. The molecule has 0 fully saturated rings. The van der Waals surface area contributed by atoms with Gasteiger partial charge in [0.1, 0.15) is 5.71 Å². The minimum atomic E-state index is -3.81. The van der Waals surface area contributed by atoms with E-state index in [2.05, 4.69) is 5.16 Å². The lowest BCUT2D eigenvalue weighted by Gasteiger charge is -2.27. The number of amides is 1. The highest BCUT2D eigenvalue weighted by Crippen LogP contribution is 2.28. The molecule has 144 valence electrons. The summed E-state index contributed by atoms with van der Waals surface area (Å²) in [4.78, 5) is 20.5. The van der Waals surface area contributed by atoms with E-state index in [-0.39, 0.29) is 16.8 Å². The molecule has 2 atom stereocenters. The van der Waals surface area contributed by atoms with Gasteiger partial charge in [0, 0.05) is 13.5 Å². The number of nitrogens with two attached hydrogens (primary N) is 1. The molecular weight excluding hydrogens is 410 g/mol. The average molecular weight is 428 g/mol. The number of primary sulfonamides is 1. The highest BCUT2D eigenvalue weighted by Gasteiger charge is 2.33. The van der Waals surface area contributed by atoms with Crippen LogP contribution in [0.3, 0.4) is 0 Å². The van der Waals surface area contributed by atoms with Gasteiger partial charge < -0.3 is 9.74 Å². The number of rotatable bonds is 5. The van der Waals surface area contributed by atoms with Gasteiger partial charge in [0.2, 0.25) is 16.1 Å². The Morgan fingerprint density at radius 3 is 2.78 bits per heavy atom. The maximum Gasteiger partial charge on any atom is 0.267 e. The second-order valence-electron chi connectivity index (χ2n) is 6.18. The van der Waals surface area contributed by atoms with Crippen molar-refractivity contribution in [1.29, 1.82) is 0 Å². The van der Waals surface area contributed by atoms with Gasteiger partial charge in [-0.2, -0.15) is 0 Å². The summed E-state index contributed by atoms with van der Waals surface area (Å²) >= 11 is 7.31. The third-order valence-corrected chi connectivity index (χ3v) is 6.59. The lowest BCUT2D eigenvalue weighted by atomic mass is 10.1. The van der Waals surface area contributed by atoms with E-state index in [4.69, 9.17) is 21.6 Å². The number of halogens is 1. The van der Waals surface area contributed by atoms with Crippen molar-refractivity contribution >= 4 is 44.6 Å². The number of likely N-dealkylation sites (N-methyl/N-ethyl adjacent to an activating group) is 1. The van der Waals surface area contributed by atoms with Crippen molar-refractivity contribution in [2.45, 2.75) is 30.4 Å². The quantitative estimate of drug-likeness (QED) is 0.792. The molecule has 2 heterocycles. The molecular formula is C17H18ClN3O4S2. The van der Waals surface area contributed by atoms with Crippen LogP contribution in [0, 0.1) is 0 Å². The van der Waals surface area contributed by atoms with Crippen LogP contribution >= 0.6 is 22.9 Å². The monoisotopic (exact) mass is 427 g/mol. The van der Waals surface area contributed by atoms with Crippen molar-refractivity contribution in [1.82, 2.24) is 4.90 Å². The fraction of sp³-hybridized carbons (Fsp3) is 0.294. The van der Waals surface area contributed by atoms with E-state index in [0.29, 0.717) is 22.0 Å². The predicted molar refractivity (Wildman–Crippen MR) is 104 cm³/mol. The maximum atomic E-state index is 12.8. The van der Waals surface area contributed by atoms with Crippen LogP contribution in [-0.2, 0) is 19.7 Å². The van der Waals surface area contributed by atoms with E-state index >= 15 is 0 Å². The highest BCUT2D eigenvalue weighted by molar-refractivity contribution is 7.89. The van der Waals surface area contributed by atoms with Crippen LogP contribution in [0.25, 0.3) is 0 Å². The molecule has 1 amide bonds. The molecule has 10 heteroatoms. The number of benzene rings is 1. The summed E-state index contributed by atoms with van der Waals surface area (Å²) in [6, 6.07) is 9.46. The van der Waals surface area contributed by atoms with Crippen LogP contribution in [0.15, 0.2) is 46.4 Å². The number of carbonyl (C=O) groups is 1. The minimum absolute atomic E-state index is 0.00464. The number of hydrogen-bond donors (Lipinski definition) is 1. The van der Waals surface area contributed by atoms with Crippen molar-refractivity contribution in [2.75, 3.05) is 7.05 Å². The summed E-state index contributed by atoms with van der Waals surface area (Å²) in [5.41, 5.74) is 1.34. The van der Waals surface area contributed by atoms with Crippen LogP contribution in [0.4, 0.5) is 0 Å². The largest absolute Gasteiger partial charge is 0.382 e. The second kappa shape index (κ2) is 7.59. The molecule has 2 aromatic rings. The van der Waals surface area contributed by atoms with E-state index in [0.717, 1.165) is 4.88 Å². The zero-order valence-corrected chi connectivity index (χ0v) is 17.0. The van der Waals surface area contributed by atoms with Gasteiger partial charge in [0.05, 0.1) is 20.2 Å². The summed E-state index contributed by atoms with van der Waals surface area (Å²) in [5, 5.41) is 9.19. The predicted octanol–water partition coefficient (Wildman–Crippen LogP) is 2.76. The molecule has 0 aliphatic carbocycles. The molecule has 1 aromatic heterocycles. The first-order valence-corrected chi connectivity index (χ1v) is 10.8. The number of carbonyl (C=O) groups excluding carboxylic acids is 1. The number of sulfonamides is 1. The van der Waals surface area contributed by atoms with E-state index in [1.165, 1.54) is 28.4 Å². The van der Waals surface area contributed by atoms with Crippen LogP contribution in [0.5, 0.6) is 0 Å². The Balaban J connectivity index is 1.71. The molecule has 1 aliphatic rings. The van der Waals surface area contributed by atoms with Gasteiger partial charge in [0.15, 0.2) is 0 Å². The number of nitrogens with zero attached hydrogens (tertiary/aromatic N) is 2. The van der Waals surface area contributed by atoms with Gasteiger partial charge >= 0.3 is 0 Å². The summed E-state index contributed by atoms with van der Waals surface area (Å²) in [6.07, 6.45) is -0.376. The lowest BCUT2D eigenvalue weighted by Crippen LogP contribution is -2.38. The van der Waals surface area contributed by atoms with Gasteiger partial charge in [-0.1, -0.05) is 28.9 Å². The van der Waals surface area contributed by atoms with Crippen LogP contribution in [0.1, 0.15) is 29.8 Å². The molecule has 0 saturated heterocycles. The SMILES string of the molecule is CC(c1cccc(S(N)(=O)=O)c1)N(C)C(=O)C1CC(c2ccc(Cl)s2)=NO1. The Bertz CT molecular complexity index is 1000. The standard InChI is InChI=1S/C17H18ClN3O4S2/c1-10(11-4-3-5-12(8-11)27(19,23)24)21(2)17(22)14-9-13(20-25-14)15-6-7-16(18)26-15/h3-8,10,14H,9H2,1-2H3,(H2,19,23,24). The first-order valence-electron chi connectivity index (χ1n) is 8.04. The zero-order chi connectivity index (χ0) is 19.8. The van der Waals surface area contributed by atoms with Crippen molar-refractivity contribution < 1.29 is 18.0 Å². The van der Waals surface area contributed by atoms with E-state index in [9.17, 15) is 13.2 Å². The van der Waals surface area contributed by atoms with E-state index < -0.39 is 16.1 Å². The van der Waals surface area contributed by atoms with Crippen LogP contribution in [-0.4, -0.2) is 38.1 Å². The van der Waals surface area contributed by atoms with Gasteiger partial charge in [0.25, 0.3) is 5.91 Å². The fourth-order valence-electron chi connectivity index (χ4n) is 2.72. The molecule has 1 aromatic carbocycles. The summed E-state index contributed by atoms with van der Waals surface area (Å²) in [6.45, 7) is 1.80. The third kappa shape index (κ3) is 4.32. The minimum Gasteiger partial charge on any atom is -0.382 e. The third-order valence-electron chi connectivity index (χ3n) is 4.40. The second-order valence-corrected chi connectivity index (χ2v) is 9.46. The molecule has 1 aliphatic heterocycles. The average Bonchev–Trinajstić information content (AvgIpc) is 3.28. The molecule has 27 heavy (non-hydrogen) atoms. The molecule has 0 bridgehead atoms. The lowest BCUT2D eigenvalue weighted by molar-refractivity contribution is -0.142. The first-order chi connectivity index (χ1) is 12.7. The summed E-state index contributed by atoms with van der Waals surface area (Å²) in [7, 11) is -2.17. The van der Waals surface area contributed by atoms with Crippen LogP contribution < -0.4 is 5.14 Å². The Kier molecular flexibility index (Phi) is 5.57. The number of hydrogen-bond acceptors (Lipinski definition) is 6. The van der Waals surface area contributed by atoms with Gasteiger partial charge in [-0.25, -0.2) is 13.6 Å². The molecule has 3 rings (SSSR count). The molecule has 0 radical (unpaired) electrons. The molecule has 7 nitrogen and oxygen atoms in total. The Morgan fingerprint density at radius 2 is 2.15 bits per heavy atom. The maximum absolute atomic E-state index is 12.8. The Morgan fingerprint density at radius 1 is 1.41 bits per heavy atom. The van der Waals surface area contributed by atoms with Crippen molar-refractivity contribution in [3.63, 3.8) is 0 Å².